The summed E-state index contributed by atoms with van der Waals surface area (Å²) in [5.41, 5.74) is 1.08. The third-order valence-corrected chi connectivity index (χ3v) is 3.31. The zero-order valence-corrected chi connectivity index (χ0v) is 9.63. The van der Waals surface area contributed by atoms with Gasteiger partial charge in [0.05, 0.1) is 5.69 Å². The standard InChI is InChI=1S/C11H18N2S/c1-10(14-2)8-9-13(12)11-6-4-3-5-7-11/h3-7,10H,8-9,12H2,1-2H3. The minimum absolute atomic E-state index is 0.671. The van der Waals surface area contributed by atoms with Crippen LogP contribution in [0.1, 0.15) is 13.3 Å². The van der Waals surface area contributed by atoms with E-state index in [4.69, 9.17) is 5.84 Å². The molecule has 0 radical (unpaired) electrons. The lowest BCUT2D eigenvalue weighted by molar-refractivity contribution is 0.750. The lowest BCUT2D eigenvalue weighted by atomic mass is 10.3. The van der Waals surface area contributed by atoms with E-state index in [2.05, 4.69) is 13.2 Å². The second-order valence-corrected chi connectivity index (χ2v) is 4.64. The summed E-state index contributed by atoms with van der Waals surface area (Å²) in [6.45, 7) is 3.13. The number of thioether (sulfide) groups is 1. The fourth-order valence-corrected chi connectivity index (χ4v) is 1.53. The molecule has 0 aliphatic carbocycles. The van der Waals surface area contributed by atoms with Crippen molar-refractivity contribution in [1.29, 1.82) is 0 Å². The summed E-state index contributed by atoms with van der Waals surface area (Å²) in [5, 5.41) is 2.48. The van der Waals surface area contributed by atoms with Gasteiger partial charge < -0.3 is 5.01 Å². The van der Waals surface area contributed by atoms with Gasteiger partial charge in [-0.25, -0.2) is 5.84 Å². The summed E-state index contributed by atoms with van der Waals surface area (Å²) >= 11 is 1.88. The molecule has 2 nitrogen and oxygen atoms in total. The molecule has 1 aromatic carbocycles. The molecule has 0 fully saturated rings. The molecule has 78 valence electrons. The zero-order chi connectivity index (χ0) is 10.4. The highest BCUT2D eigenvalue weighted by Crippen LogP contribution is 2.13. The van der Waals surface area contributed by atoms with E-state index in [1.807, 2.05) is 47.1 Å². The molecule has 1 unspecified atom stereocenters. The SMILES string of the molecule is CSC(C)CCN(N)c1ccccc1. The first-order valence-corrected chi connectivity index (χ1v) is 6.13. The third kappa shape index (κ3) is 3.60. The second-order valence-electron chi connectivity index (χ2n) is 3.36. The van der Waals surface area contributed by atoms with Gasteiger partial charge in [0, 0.05) is 11.8 Å². The van der Waals surface area contributed by atoms with Crippen LogP contribution >= 0.6 is 11.8 Å². The van der Waals surface area contributed by atoms with Crippen molar-refractivity contribution in [3.8, 4) is 0 Å². The molecule has 0 aliphatic heterocycles. The third-order valence-electron chi connectivity index (χ3n) is 2.27. The van der Waals surface area contributed by atoms with Crippen molar-refractivity contribution in [3.63, 3.8) is 0 Å². The van der Waals surface area contributed by atoms with Gasteiger partial charge in [-0.3, -0.25) is 0 Å². The molecule has 0 aliphatic rings. The van der Waals surface area contributed by atoms with Crippen LogP contribution in [0, 0.1) is 0 Å². The van der Waals surface area contributed by atoms with E-state index in [-0.39, 0.29) is 0 Å². The lowest BCUT2D eigenvalue weighted by Crippen LogP contribution is -2.32. The first-order valence-electron chi connectivity index (χ1n) is 4.84. The molecule has 3 heteroatoms. The second kappa shape index (κ2) is 5.94. The number of nitrogens with two attached hydrogens (primary N) is 1. The normalized spacial score (nSPS) is 12.5. The van der Waals surface area contributed by atoms with Gasteiger partial charge in [0.15, 0.2) is 0 Å². The van der Waals surface area contributed by atoms with Gasteiger partial charge in [-0.15, -0.1) is 0 Å². The number of hydrazine groups is 1. The van der Waals surface area contributed by atoms with E-state index in [9.17, 15) is 0 Å². The topological polar surface area (TPSA) is 29.3 Å². The Morgan fingerprint density at radius 1 is 1.36 bits per heavy atom. The first-order chi connectivity index (χ1) is 6.74. The molecule has 0 aromatic heterocycles. The number of benzene rings is 1. The van der Waals surface area contributed by atoms with E-state index in [0.29, 0.717) is 5.25 Å². The predicted molar refractivity (Wildman–Crippen MR) is 65.6 cm³/mol. The van der Waals surface area contributed by atoms with Crippen molar-refractivity contribution in [1.82, 2.24) is 0 Å². The van der Waals surface area contributed by atoms with Gasteiger partial charge in [-0.05, 0) is 24.8 Å². The van der Waals surface area contributed by atoms with E-state index >= 15 is 0 Å². The van der Waals surface area contributed by atoms with Crippen LogP contribution in [0.4, 0.5) is 5.69 Å². The number of hydrogen-bond acceptors (Lipinski definition) is 3. The van der Waals surface area contributed by atoms with Gasteiger partial charge in [0.25, 0.3) is 0 Å². The van der Waals surface area contributed by atoms with Crippen molar-refractivity contribution in [2.75, 3.05) is 17.8 Å². The molecule has 0 saturated carbocycles. The number of rotatable bonds is 5. The molecule has 1 rings (SSSR count). The van der Waals surface area contributed by atoms with Crippen molar-refractivity contribution >= 4 is 17.4 Å². The predicted octanol–water partition coefficient (Wildman–Crippen LogP) is 2.51. The molecule has 0 bridgehead atoms. The molecular weight excluding hydrogens is 192 g/mol. The molecule has 0 spiro atoms. The minimum Gasteiger partial charge on any atom is -0.311 e. The first kappa shape index (κ1) is 11.4. The van der Waals surface area contributed by atoms with Gasteiger partial charge in [0.1, 0.15) is 0 Å². The summed E-state index contributed by atoms with van der Waals surface area (Å²) in [6.07, 6.45) is 3.25. The fourth-order valence-electron chi connectivity index (χ4n) is 1.19. The average Bonchev–Trinajstić information content (AvgIpc) is 2.26. The maximum absolute atomic E-state index is 5.92. The highest BCUT2D eigenvalue weighted by atomic mass is 32.2. The van der Waals surface area contributed by atoms with Gasteiger partial charge >= 0.3 is 0 Å². The van der Waals surface area contributed by atoms with Crippen LogP contribution in [-0.2, 0) is 0 Å². The highest BCUT2D eigenvalue weighted by Gasteiger charge is 2.03. The van der Waals surface area contributed by atoms with Crippen molar-refractivity contribution in [2.45, 2.75) is 18.6 Å². The summed E-state index contributed by atoms with van der Waals surface area (Å²) in [4.78, 5) is 0. The van der Waals surface area contributed by atoms with Crippen LogP contribution < -0.4 is 10.9 Å². The Bertz CT molecular complexity index is 251. The van der Waals surface area contributed by atoms with E-state index in [1.165, 1.54) is 0 Å². The van der Waals surface area contributed by atoms with Crippen molar-refractivity contribution in [3.05, 3.63) is 30.3 Å². The van der Waals surface area contributed by atoms with Gasteiger partial charge in [-0.2, -0.15) is 11.8 Å². The van der Waals surface area contributed by atoms with Crippen molar-refractivity contribution < 1.29 is 0 Å². The van der Waals surface area contributed by atoms with Crippen LogP contribution in [0.25, 0.3) is 0 Å². The summed E-state index contributed by atoms with van der Waals surface area (Å²) in [6, 6.07) is 10.1. The zero-order valence-electron chi connectivity index (χ0n) is 8.81. The van der Waals surface area contributed by atoms with Crippen LogP contribution in [-0.4, -0.2) is 18.1 Å². The Balaban J connectivity index is 2.39. The van der Waals surface area contributed by atoms with Crippen molar-refractivity contribution in [2.24, 2.45) is 5.84 Å². The molecule has 0 saturated heterocycles. The molecule has 0 heterocycles. The Morgan fingerprint density at radius 3 is 2.57 bits per heavy atom. The molecule has 14 heavy (non-hydrogen) atoms. The monoisotopic (exact) mass is 210 g/mol. The maximum Gasteiger partial charge on any atom is 0.0517 e. The highest BCUT2D eigenvalue weighted by molar-refractivity contribution is 7.99. The molecule has 1 aromatic rings. The molecular formula is C11H18N2S. The Labute approximate surface area is 90.4 Å². The lowest BCUT2D eigenvalue weighted by Gasteiger charge is -2.20. The quantitative estimate of drug-likeness (QED) is 0.598. The van der Waals surface area contributed by atoms with E-state index in [1.54, 1.807) is 0 Å². The molecule has 0 amide bonds. The number of anilines is 1. The van der Waals surface area contributed by atoms with Crippen LogP contribution in [0.15, 0.2) is 30.3 Å². The van der Waals surface area contributed by atoms with Gasteiger partial charge in [-0.1, -0.05) is 25.1 Å². The number of nitrogens with zero attached hydrogens (tertiary/aromatic N) is 1. The Morgan fingerprint density at radius 2 is 2.00 bits per heavy atom. The summed E-state index contributed by atoms with van der Waals surface area (Å²) < 4.78 is 0. The molecule has 1 atom stereocenters. The average molecular weight is 210 g/mol. The largest absolute Gasteiger partial charge is 0.311 e. The Kier molecular flexibility index (Phi) is 4.84. The fraction of sp³-hybridized carbons (Fsp3) is 0.455. The molecule has 2 N–H and O–H groups in total. The minimum atomic E-state index is 0.671. The van der Waals surface area contributed by atoms with E-state index < -0.39 is 0 Å². The Hall–Kier alpha value is -0.670. The van der Waals surface area contributed by atoms with Gasteiger partial charge in [0.2, 0.25) is 0 Å². The van der Waals surface area contributed by atoms with Crippen LogP contribution in [0.2, 0.25) is 0 Å². The summed E-state index contributed by atoms with van der Waals surface area (Å²) in [5.74, 6) is 5.92. The summed E-state index contributed by atoms with van der Waals surface area (Å²) in [7, 11) is 0. The van der Waals surface area contributed by atoms with Crippen LogP contribution in [0.5, 0.6) is 0 Å². The smallest absolute Gasteiger partial charge is 0.0517 e. The number of para-hydroxylation sites is 1. The van der Waals surface area contributed by atoms with Crippen LogP contribution in [0.3, 0.4) is 0 Å². The maximum atomic E-state index is 5.92. The van der Waals surface area contributed by atoms with E-state index in [0.717, 1.165) is 18.7 Å². The number of hydrogen-bond donors (Lipinski definition) is 1.